The number of hydrogen-bond acceptors (Lipinski definition) is 1. The van der Waals surface area contributed by atoms with Crippen molar-refractivity contribution in [3.05, 3.63) is 41.5 Å². The number of hydrogen-bond donors (Lipinski definition) is 1. The molecule has 0 aromatic heterocycles. The SMILES string of the molecule is C[C@@]12CC[C@H]3c4ccccc4C=C[C@@H]3[C@H]1CC[C@H]2O. The van der Waals surface area contributed by atoms with E-state index in [-0.39, 0.29) is 11.5 Å². The summed E-state index contributed by atoms with van der Waals surface area (Å²) in [4.78, 5) is 0. The molecule has 2 fully saturated rings. The summed E-state index contributed by atoms with van der Waals surface area (Å²) in [5.41, 5.74) is 3.11. The maximum atomic E-state index is 10.3. The number of rotatable bonds is 0. The van der Waals surface area contributed by atoms with Gasteiger partial charge in [0.2, 0.25) is 0 Å². The topological polar surface area (TPSA) is 20.2 Å². The molecule has 0 radical (unpaired) electrons. The molecule has 0 heterocycles. The normalized spacial score (nSPS) is 43.5. The zero-order valence-electron chi connectivity index (χ0n) is 11.5. The summed E-state index contributed by atoms with van der Waals surface area (Å²) in [6.07, 6.45) is 9.28. The Morgan fingerprint density at radius 1 is 1.16 bits per heavy atom. The van der Waals surface area contributed by atoms with E-state index in [0.717, 1.165) is 6.42 Å². The fourth-order valence-corrected chi connectivity index (χ4v) is 5.01. The van der Waals surface area contributed by atoms with Gasteiger partial charge in [0.05, 0.1) is 6.10 Å². The first-order valence-electron chi connectivity index (χ1n) is 7.65. The van der Waals surface area contributed by atoms with Gasteiger partial charge < -0.3 is 5.11 Å². The van der Waals surface area contributed by atoms with Crippen LogP contribution in [0.3, 0.4) is 0 Å². The van der Waals surface area contributed by atoms with Crippen LogP contribution in [0.25, 0.3) is 6.08 Å². The maximum absolute atomic E-state index is 10.3. The van der Waals surface area contributed by atoms with Crippen LogP contribution in [-0.2, 0) is 0 Å². The molecule has 0 unspecified atom stereocenters. The minimum Gasteiger partial charge on any atom is -0.393 e. The lowest BCUT2D eigenvalue weighted by Gasteiger charge is -2.48. The third-order valence-corrected chi connectivity index (χ3v) is 6.18. The van der Waals surface area contributed by atoms with Crippen LogP contribution < -0.4 is 0 Å². The van der Waals surface area contributed by atoms with Crippen molar-refractivity contribution in [3.8, 4) is 0 Å². The third-order valence-electron chi connectivity index (χ3n) is 6.18. The predicted molar refractivity (Wildman–Crippen MR) is 77.8 cm³/mol. The van der Waals surface area contributed by atoms with Gasteiger partial charge in [0, 0.05) is 0 Å². The van der Waals surface area contributed by atoms with Crippen molar-refractivity contribution >= 4 is 6.08 Å². The Kier molecular flexibility index (Phi) is 2.44. The molecule has 1 nitrogen and oxygen atoms in total. The number of aliphatic hydroxyl groups excluding tert-OH is 1. The molecular formula is C18H22O. The average molecular weight is 254 g/mol. The summed E-state index contributed by atoms with van der Waals surface area (Å²) in [5.74, 6) is 2.00. The van der Waals surface area contributed by atoms with Crippen LogP contribution in [0.2, 0.25) is 0 Å². The van der Waals surface area contributed by atoms with E-state index in [1.165, 1.54) is 24.8 Å². The molecule has 2 saturated carbocycles. The highest BCUT2D eigenvalue weighted by molar-refractivity contribution is 5.58. The molecule has 4 rings (SSSR count). The van der Waals surface area contributed by atoms with E-state index in [4.69, 9.17) is 0 Å². The molecule has 0 amide bonds. The minimum atomic E-state index is -0.0796. The Balaban J connectivity index is 1.76. The van der Waals surface area contributed by atoms with E-state index < -0.39 is 0 Å². The molecule has 5 atom stereocenters. The van der Waals surface area contributed by atoms with E-state index in [1.54, 1.807) is 5.56 Å². The largest absolute Gasteiger partial charge is 0.393 e. The highest BCUT2D eigenvalue weighted by Gasteiger charge is 2.53. The second-order valence-electron chi connectivity index (χ2n) is 6.92. The summed E-state index contributed by atoms with van der Waals surface area (Å²) < 4.78 is 0. The molecule has 19 heavy (non-hydrogen) atoms. The highest BCUT2D eigenvalue weighted by atomic mass is 16.3. The number of benzene rings is 1. The number of fused-ring (bicyclic) bond motifs is 5. The van der Waals surface area contributed by atoms with Gasteiger partial charge >= 0.3 is 0 Å². The summed E-state index contributed by atoms with van der Waals surface area (Å²) in [6.45, 7) is 2.32. The van der Waals surface area contributed by atoms with Crippen molar-refractivity contribution in [2.45, 2.75) is 44.6 Å². The van der Waals surface area contributed by atoms with E-state index in [9.17, 15) is 5.11 Å². The van der Waals surface area contributed by atoms with Gasteiger partial charge in [-0.1, -0.05) is 43.3 Å². The first-order chi connectivity index (χ1) is 9.20. The molecule has 1 N–H and O–H groups in total. The molecule has 0 aliphatic heterocycles. The quantitative estimate of drug-likeness (QED) is 0.742. The zero-order valence-corrected chi connectivity index (χ0v) is 11.5. The Bertz CT molecular complexity index is 532. The van der Waals surface area contributed by atoms with Crippen molar-refractivity contribution in [2.24, 2.45) is 17.3 Å². The van der Waals surface area contributed by atoms with Crippen LogP contribution in [0.5, 0.6) is 0 Å². The standard InChI is InChI=1S/C18H22O/c1-18-11-10-14-13-5-3-2-4-12(13)6-7-15(14)16(18)8-9-17(18)19/h2-7,14-17,19H,8-11H2,1H3/t14-,15-,16+,17+,18+/m0/s1. The van der Waals surface area contributed by atoms with Gasteiger partial charge in [-0.25, -0.2) is 0 Å². The molecule has 3 aliphatic rings. The van der Waals surface area contributed by atoms with Crippen molar-refractivity contribution in [1.82, 2.24) is 0 Å². The summed E-state index contributed by atoms with van der Waals surface area (Å²) in [5, 5.41) is 10.3. The van der Waals surface area contributed by atoms with Crippen LogP contribution in [0.1, 0.15) is 49.7 Å². The fraction of sp³-hybridized carbons (Fsp3) is 0.556. The second-order valence-corrected chi connectivity index (χ2v) is 6.92. The van der Waals surface area contributed by atoms with E-state index in [0.29, 0.717) is 17.8 Å². The molecule has 1 aromatic rings. The minimum absolute atomic E-state index is 0.0796. The molecule has 0 spiro atoms. The summed E-state index contributed by atoms with van der Waals surface area (Å²) in [6, 6.07) is 8.85. The average Bonchev–Trinajstić information content (AvgIpc) is 2.75. The fourth-order valence-electron chi connectivity index (χ4n) is 5.01. The number of allylic oxidation sites excluding steroid dienone is 1. The molecule has 0 saturated heterocycles. The molecule has 3 aliphatic carbocycles. The van der Waals surface area contributed by atoms with Crippen molar-refractivity contribution in [2.75, 3.05) is 0 Å². The Morgan fingerprint density at radius 2 is 2.00 bits per heavy atom. The Labute approximate surface area is 115 Å². The van der Waals surface area contributed by atoms with Crippen LogP contribution in [0.4, 0.5) is 0 Å². The van der Waals surface area contributed by atoms with Crippen LogP contribution >= 0.6 is 0 Å². The van der Waals surface area contributed by atoms with E-state index >= 15 is 0 Å². The van der Waals surface area contributed by atoms with Crippen LogP contribution in [-0.4, -0.2) is 11.2 Å². The van der Waals surface area contributed by atoms with E-state index in [1.807, 2.05) is 0 Å². The molecule has 0 bridgehead atoms. The summed E-state index contributed by atoms with van der Waals surface area (Å²) in [7, 11) is 0. The van der Waals surface area contributed by atoms with Crippen molar-refractivity contribution < 1.29 is 5.11 Å². The Morgan fingerprint density at radius 3 is 2.89 bits per heavy atom. The van der Waals surface area contributed by atoms with Gasteiger partial charge in [-0.05, 0) is 60.0 Å². The van der Waals surface area contributed by atoms with Crippen LogP contribution in [0.15, 0.2) is 30.3 Å². The van der Waals surface area contributed by atoms with Gasteiger partial charge in [-0.3, -0.25) is 0 Å². The van der Waals surface area contributed by atoms with Gasteiger partial charge in [-0.2, -0.15) is 0 Å². The van der Waals surface area contributed by atoms with Crippen LogP contribution in [0, 0.1) is 17.3 Å². The molecule has 1 aromatic carbocycles. The van der Waals surface area contributed by atoms with Gasteiger partial charge in [-0.15, -0.1) is 0 Å². The predicted octanol–water partition coefficient (Wildman–Crippen LogP) is 3.98. The lowest BCUT2D eigenvalue weighted by Crippen LogP contribution is -2.42. The number of aliphatic hydroxyl groups is 1. The first kappa shape index (κ1) is 11.7. The van der Waals surface area contributed by atoms with Gasteiger partial charge in [0.25, 0.3) is 0 Å². The van der Waals surface area contributed by atoms with Crippen molar-refractivity contribution in [3.63, 3.8) is 0 Å². The Hall–Kier alpha value is -1.08. The van der Waals surface area contributed by atoms with Gasteiger partial charge in [0.1, 0.15) is 0 Å². The van der Waals surface area contributed by atoms with E-state index in [2.05, 4.69) is 43.3 Å². The first-order valence-corrected chi connectivity index (χ1v) is 7.65. The zero-order chi connectivity index (χ0) is 13.0. The monoisotopic (exact) mass is 254 g/mol. The lowest BCUT2D eigenvalue weighted by molar-refractivity contribution is -0.00796. The highest BCUT2D eigenvalue weighted by Crippen LogP contribution is 2.59. The second kappa shape index (κ2) is 3.96. The maximum Gasteiger partial charge on any atom is 0.0596 e. The van der Waals surface area contributed by atoms with Gasteiger partial charge in [0.15, 0.2) is 0 Å². The van der Waals surface area contributed by atoms with Crippen molar-refractivity contribution in [1.29, 1.82) is 0 Å². The molecule has 1 heteroatoms. The third kappa shape index (κ3) is 1.51. The molecular weight excluding hydrogens is 232 g/mol. The lowest BCUT2D eigenvalue weighted by atomic mass is 9.57. The summed E-state index contributed by atoms with van der Waals surface area (Å²) >= 11 is 0. The smallest absolute Gasteiger partial charge is 0.0596 e. The molecule has 100 valence electrons.